The number of aromatic nitrogens is 1. The summed E-state index contributed by atoms with van der Waals surface area (Å²) >= 11 is 2.83. The molecule has 2 heterocycles. The van der Waals surface area contributed by atoms with E-state index in [0.29, 0.717) is 5.13 Å². The summed E-state index contributed by atoms with van der Waals surface area (Å²) in [6, 6.07) is 3.72. The van der Waals surface area contributed by atoms with Crippen LogP contribution in [0.5, 0.6) is 0 Å². The van der Waals surface area contributed by atoms with Gasteiger partial charge in [0.2, 0.25) is 5.91 Å². The van der Waals surface area contributed by atoms with Crippen LogP contribution in [0, 0.1) is 6.92 Å². The average Bonchev–Trinajstić information content (AvgIpc) is 2.99. The number of thiazole rings is 1. The minimum Gasteiger partial charge on any atom is -0.481 e. The highest BCUT2D eigenvalue weighted by atomic mass is 32.1. The van der Waals surface area contributed by atoms with E-state index in [0.717, 1.165) is 10.6 Å². The summed E-state index contributed by atoms with van der Waals surface area (Å²) < 4.78 is 0. The Morgan fingerprint density at radius 1 is 1.40 bits per heavy atom. The van der Waals surface area contributed by atoms with Crippen molar-refractivity contribution in [1.82, 2.24) is 4.98 Å². The number of amides is 1. The highest BCUT2D eigenvalue weighted by molar-refractivity contribution is 7.13. The molecule has 106 valence electrons. The average molecular weight is 310 g/mol. The lowest BCUT2D eigenvalue weighted by atomic mass is 9.99. The summed E-state index contributed by atoms with van der Waals surface area (Å²) in [7, 11) is 0. The number of rotatable bonds is 6. The fourth-order valence-electron chi connectivity index (χ4n) is 1.81. The molecule has 0 fully saturated rings. The van der Waals surface area contributed by atoms with Crippen molar-refractivity contribution in [2.75, 3.05) is 5.32 Å². The Morgan fingerprint density at radius 3 is 2.75 bits per heavy atom. The second kappa shape index (κ2) is 6.62. The zero-order valence-corrected chi connectivity index (χ0v) is 12.5. The second-order valence-electron chi connectivity index (χ2n) is 4.36. The van der Waals surface area contributed by atoms with Crippen LogP contribution in [0.4, 0.5) is 5.13 Å². The second-order valence-corrected chi connectivity index (χ2v) is 6.19. The molecule has 0 bridgehead atoms. The molecule has 0 aliphatic carbocycles. The maximum atomic E-state index is 12.0. The van der Waals surface area contributed by atoms with E-state index in [1.54, 1.807) is 0 Å². The van der Waals surface area contributed by atoms with E-state index in [4.69, 9.17) is 5.11 Å². The van der Waals surface area contributed by atoms with Crippen LogP contribution in [0.2, 0.25) is 0 Å². The number of anilines is 1. The van der Waals surface area contributed by atoms with Gasteiger partial charge in [0, 0.05) is 22.6 Å². The number of hydrogen-bond acceptors (Lipinski definition) is 5. The molecule has 1 unspecified atom stereocenters. The number of nitrogens with one attached hydrogen (secondary N) is 1. The molecule has 20 heavy (non-hydrogen) atoms. The molecule has 7 heteroatoms. The van der Waals surface area contributed by atoms with Gasteiger partial charge in [0.1, 0.15) is 0 Å². The van der Waals surface area contributed by atoms with Gasteiger partial charge in [-0.25, -0.2) is 4.98 Å². The molecule has 0 aromatic carbocycles. The first-order valence-electron chi connectivity index (χ1n) is 6.02. The molecule has 0 saturated heterocycles. The van der Waals surface area contributed by atoms with Gasteiger partial charge in [-0.05, 0) is 18.4 Å². The number of carbonyl (C=O) groups is 2. The van der Waals surface area contributed by atoms with Crippen molar-refractivity contribution in [3.8, 4) is 0 Å². The van der Waals surface area contributed by atoms with Crippen LogP contribution in [0.3, 0.4) is 0 Å². The first-order valence-corrected chi connectivity index (χ1v) is 7.77. The summed E-state index contributed by atoms with van der Waals surface area (Å²) in [5.74, 6) is -1.41. The lowest BCUT2D eigenvalue weighted by Crippen LogP contribution is -2.17. The lowest BCUT2D eigenvalue weighted by molar-refractivity contribution is -0.137. The van der Waals surface area contributed by atoms with Crippen LogP contribution in [0.15, 0.2) is 22.9 Å². The molecule has 0 radical (unpaired) electrons. The maximum absolute atomic E-state index is 12.0. The SMILES string of the molecule is Cc1csc(NC(=O)CC(CC(=O)O)c2cccs2)n1. The first kappa shape index (κ1) is 14.7. The minimum absolute atomic E-state index is 0.0508. The predicted octanol–water partition coefficient (Wildman–Crippen LogP) is 3.10. The molecule has 0 spiro atoms. The van der Waals surface area contributed by atoms with Crippen molar-refractivity contribution in [2.24, 2.45) is 0 Å². The van der Waals surface area contributed by atoms with Gasteiger partial charge in [-0.2, -0.15) is 0 Å². The van der Waals surface area contributed by atoms with Crippen LogP contribution >= 0.6 is 22.7 Å². The first-order chi connectivity index (χ1) is 9.54. The van der Waals surface area contributed by atoms with E-state index in [9.17, 15) is 9.59 Å². The Bertz CT molecular complexity index is 593. The molecule has 5 nitrogen and oxygen atoms in total. The highest BCUT2D eigenvalue weighted by Gasteiger charge is 2.20. The van der Waals surface area contributed by atoms with Crippen LogP contribution in [-0.4, -0.2) is 22.0 Å². The topological polar surface area (TPSA) is 79.3 Å². The van der Waals surface area contributed by atoms with Gasteiger partial charge >= 0.3 is 5.97 Å². The monoisotopic (exact) mass is 310 g/mol. The maximum Gasteiger partial charge on any atom is 0.304 e. The number of carboxylic acids is 1. The molecular weight excluding hydrogens is 296 g/mol. The molecule has 0 aliphatic rings. The van der Waals surface area contributed by atoms with E-state index in [1.165, 1.54) is 22.7 Å². The van der Waals surface area contributed by atoms with E-state index in [2.05, 4.69) is 10.3 Å². The molecule has 2 N–H and O–H groups in total. The van der Waals surface area contributed by atoms with Gasteiger partial charge in [-0.1, -0.05) is 6.07 Å². The molecule has 0 saturated carbocycles. The Kier molecular flexibility index (Phi) is 4.86. The zero-order valence-electron chi connectivity index (χ0n) is 10.8. The standard InChI is InChI=1S/C13H14N2O3S2/c1-8-7-20-13(14-8)15-11(16)5-9(6-12(17)18)10-3-2-4-19-10/h2-4,7,9H,5-6H2,1H3,(H,17,18)(H,14,15,16). The summed E-state index contributed by atoms with van der Waals surface area (Å²) in [4.78, 5) is 28.0. The third-order valence-corrected chi connectivity index (χ3v) is 4.57. The summed E-state index contributed by atoms with van der Waals surface area (Å²) in [5, 5.41) is 15.9. The van der Waals surface area contributed by atoms with Crippen molar-refractivity contribution in [3.63, 3.8) is 0 Å². The van der Waals surface area contributed by atoms with Gasteiger partial charge in [0.15, 0.2) is 5.13 Å². The quantitative estimate of drug-likeness (QED) is 0.859. The van der Waals surface area contributed by atoms with Crippen molar-refractivity contribution >= 4 is 39.7 Å². The van der Waals surface area contributed by atoms with Gasteiger partial charge < -0.3 is 10.4 Å². The number of aliphatic carboxylic acids is 1. The third kappa shape index (κ3) is 4.14. The van der Waals surface area contributed by atoms with Crippen LogP contribution in [-0.2, 0) is 9.59 Å². The number of aryl methyl sites for hydroxylation is 1. The molecule has 2 aromatic heterocycles. The molecule has 2 rings (SSSR count). The van der Waals surface area contributed by atoms with Crippen LogP contribution in [0.25, 0.3) is 0 Å². The normalized spacial score (nSPS) is 12.1. The zero-order chi connectivity index (χ0) is 14.5. The summed E-state index contributed by atoms with van der Waals surface area (Å²) in [6.45, 7) is 1.85. The predicted molar refractivity (Wildman–Crippen MR) is 79.4 cm³/mol. The van der Waals surface area contributed by atoms with Crippen LogP contribution < -0.4 is 5.32 Å². The summed E-state index contributed by atoms with van der Waals surface area (Å²) in [6.07, 6.45) is 0.0935. The molecule has 1 amide bonds. The van der Waals surface area contributed by atoms with Crippen molar-refractivity contribution in [1.29, 1.82) is 0 Å². The number of hydrogen-bond donors (Lipinski definition) is 2. The van der Waals surface area contributed by atoms with Crippen molar-refractivity contribution in [3.05, 3.63) is 33.5 Å². The lowest BCUT2D eigenvalue weighted by Gasteiger charge is -2.12. The number of nitrogens with zero attached hydrogens (tertiary/aromatic N) is 1. The smallest absolute Gasteiger partial charge is 0.304 e. The number of thiophene rings is 1. The van der Waals surface area contributed by atoms with E-state index in [1.807, 2.05) is 29.8 Å². The Morgan fingerprint density at radius 2 is 2.20 bits per heavy atom. The Hall–Kier alpha value is -1.73. The largest absolute Gasteiger partial charge is 0.481 e. The molecule has 1 atom stereocenters. The minimum atomic E-state index is -0.902. The summed E-state index contributed by atoms with van der Waals surface area (Å²) in [5.41, 5.74) is 0.852. The van der Waals surface area contributed by atoms with Crippen molar-refractivity contribution < 1.29 is 14.7 Å². The van der Waals surface area contributed by atoms with Crippen LogP contribution in [0.1, 0.15) is 29.3 Å². The number of carbonyl (C=O) groups excluding carboxylic acids is 1. The number of carboxylic acid groups (broad SMARTS) is 1. The van der Waals surface area contributed by atoms with Crippen molar-refractivity contribution in [2.45, 2.75) is 25.7 Å². The van der Waals surface area contributed by atoms with Gasteiger partial charge in [0.25, 0.3) is 0 Å². The van der Waals surface area contributed by atoms with Gasteiger partial charge in [-0.15, -0.1) is 22.7 Å². The van der Waals surface area contributed by atoms with E-state index in [-0.39, 0.29) is 24.7 Å². The fraction of sp³-hybridized carbons (Fsp3) is 0.308. The molecular formula is C13H14N2O3S2. The Balaban J connectivity index is 2.00. The third-order valence-electron chi connectivity index (χ3n) is 2.66. The molecule has 0 aliphatic heterocycles. The fourth-order valence-corrected chi connectivity index (χ4v) is 3.35. The Labute approximate surface area is 124 Å². The van der Waals surface area contributed by atoms with E-state index < -0.39 is 5.97 Å². The van der Waals surface area contributed by atoms with Gasteiger partial charge in [0.05, 0.1) is 12.1 Å². The molecule has 2 aromatic rings. The highest BCUT2D eigenvalue weighted by Crippen LogP contribution is 2.28. The van der Waals surface area contributed by atoms with Gasteiger partial charge in [-0.3, -0.25) is 9.59 Å². The van der Waals surface area contributed by atoms with E-state index >= 15 is 0 Å².